The third kappa shape index (κ3) is 6.01. The molecule has 0 bridgehead atoms. The highest BCUT2D eigenvalue weighted by atomic mass is 19.1. The number of hydrogen-bond donors (Lipinski definition) is 2. The summed E-state index contributed by atoms with van der Waals surface area (Å²) in [5, 5.41) is 6.13. The van der Waals surface area contributed by atoms with Gasteiger partial charge in [0, 0.05) is 28.6 Å². The second-order valence-corrected chi connectivity index (χ2v) is 7.76. The molecule has 0 saturated carbocycles. The monoisotopic (exact) mass is 440 g/mol. The Labute approximate surface area is 192 Å². The van der Waals surface area contributed by atoms with Crippen molar-refractivity contribution >= 4 is 23.1 Å². The minimum absolute atomic E-state index is 0.192. The molecule has 0 radical (unpaired) electrons. The number of nitrogens with zero attached hydrogens (tertiary/aromatic N) is 2. The van der Waals surface area contributed by atoms with Gasteiger partial charge in [0.25, 0.3) is 5.91 Å². The number of aromatic nitrogens is 2. The number of rotatable bonds is 8. The fourth-order valence-corrected chi connectivity index (χ4v) is 3.46. The zero-order valence-corrected chi connectivity index (χ0v) is 18.4. The summed E-state index contributed by atoms with van der Waals surface area (Å²) in [4.78, 5) is 21.2. The molecule has 3 aromatic carbocycles. The van der Waals surface area contributed by atoms with Crippen LogP contribution in [0.3, 0.4) is 0 Å². The maximum absolute atomic E-state index is 13.5. The van der Waals surface area contributed by atoms with E-state index in [1.54, 1.807) is 36.4 Å². The molecule has 0 unspecified atom stereocenters. The molecule has 6 heteroatoms. The Hall–Kier alpha value is -4.06. The van der Waals surface area contributed by atoms with Gasteiger partial charge in [-0.1, -0.05) is 43.7 Å². The van der Waals surface area contributed by atoms with Crippen molar-refractivity contribution in [2.75, 3.05) is 10.6 Å². The van der Waals surface area contributed by atoms with Crippen molar-refractivity contribution in [3.63, 3.8) is 0 Å². The number of nitrogens with one attached hydrogen (secondary N) is 2. The van der Waals surface area contributed by atoms with Crippen molar-refractivity contribution in [3.8, 4) is 11.3 Å². The largest absolute Gasteiger partial charge is 0.340 e. The summed E-state index contributed by atoms with van der Waals surface area (Å²) in [5.74, 6) is 0.0301. The molecule has 4 aromatic rings. The van der Waals surface area contributed by atoms with Crippen LogP contribution < -0.4 is 10.6 Å². The van der Waals surface area contributed by atoms with Crippen molar-refractivity contribution in [1.82, 2.24) is 9.97 Å². The number of anilines is 3. The number of halogens is 1. The Morgan fingerprint density at radius 2 is 1.73 bits per heavy atom. The minimum atomic E-state index is -0.324. The summed E-state index contributed by atoms with van der Waals surface area (Å²) in [6, 6.07) is 23.1. The Bertz CT molecular complexity index is 1240. The number of benzene rings is 3. The van der Waals surface area contributed by atoms with Gasteiger partial charge in [-0.25, -0.2) is 14.4 Å². The molecular formula is C27H25FN4O. The molecule has 0 saturated heterocycles. The lowest BCUT2D eigenvalue weighted by Crippen LogP contribution is -2.12. The van der Waals surface area contributed by atoms with Crippen LogP contribution in [0.1, 0.15) is 35.7 Å². The normalized spacial score (nSPS) is 10.6. The summed E-state index contributed by atoms with van der Waals surface area (Å²) < 4.78 is 13.5. The first-order valence-electron chi connectivity index (χ1n) is 11.0. The summed E-state index contributed by atoms with van der Waals surface area (Å²) >= 11 is 0. The van der Waals surface area contributed by atoms with Crippen LogP contribution in [0.2, 0.25) is 0 Å². The van der Waals surface area contributed by atoms with Crippen LogP contribution in [-0.4, -0.2) is 15.9 Å². The first-order chi connectivity index (χ1) is 16.1. The molecule has 5 nitrogen and oxygen atoms in total. The molecule has 0 spiro atoms. The first kappa shape index (κ1) is 22.1. The molecule has 0 aliphatic heterocycles. The van der Waals surface area contributed by atoms with E-state index in [1.807, 2.05) is 18.2 Å². The van der Waals surface area contributed by atoms with E-state index in [9.17, 15) is 9.18 Å². The Morgan fingerprint density at radius 1 is 0.909 bits per heavy atom. The Morgan fingerprint density at radius 3 is 2.52 bits per heavy atom. The number of unbranched alkanes of at least 4 members (excludes halogenated alkanes) is 1. The molecule has 1 amide bonds. The van der Waals surface area contributed by atoms with Crippen LogP contribution in [0.5, 0.6) is 0 Å². The Kier molecular flexibility index (Phi) is 7.05. The fraction of sp³-hybridized carbons (Fsp3) is 0.148. The number of hydrogen-bond acceptors (Lipinski definition) is 4. The second kappa shape index (κ2) is 10.5. The number of carbonyl (C=O) groups excluding carboxylic acids is 1. The molecule has 0 aliphatic rings. The summed E-state index contributed by atoms with van der Waals surface area (Å²) in [6.45, 7) is 2.17. The van der Waals surface area contributed by atoms with Crippen LogP contribution in [0.25, 0.3) is 11.3 Å². The van der Waals surface area contributed by atoms with Gasteiger partial charge in [-0.15, -0.1) is 0 Å². The van der Waals surface area contributed by atoms with Crippen LogP contribution >= 0.6 is 0 Å². The maximum Gasteiger partial charge on any atom is 0.255 e. The van der Waals surface area contributed by atoms with Gasteiger partial charge < -0.3 is 10.6 Å². The maximum atomic E-state index is 13.5. The predicted octanol–water partition coefficient (Wildman–Crippen LogP) is 6.62. The van der Waals surface area contributed by atoms with E-state index in [2.05, 4.69) is 39.7 Å². The topological polar surface area (TPSA) is 66.9 Å². The molecule has 0 atom stereocenters. The van der Waals surface area contributed by atoms with Gasteiger partial charge in [-0.05, 0) is 60.9 Å². The van der Waals surface area contributed by atoms with Crippen LogP contribution in [0, 0.1) is 5.82 Å². The quantitative estimate of drug-likeness (QED) is 0.323. The lowest BCUT2D eigenvalue weighted by molar-refractivity contribution is 0.102. The molecule has 2 N–H and O–H groups in total. The van der Waals surface area contributed by atoms with Crippen molar-refractivity contribution in [1.29, 1.82) is 0 Å². The minimum Gasteiger partial charge on any atom is -0.340 e. The highest BCUT2D eigenvalue weighted by Gasteiger charge is 2.09. The second-order valence-electron chi connectivity index (χ2n) is 7.76. The zero-order chi connectivity index (χ0) is 23.0. The van der Waals surface area contributed by atoms with Gasteiger partial charge in [0.2, 0.25) is 0 Å². The molecule has 166 valence electrons. The first-order valence-corrected chi connectivity index (χ1v) is 11.0. The van der Waals surface area contributed by atoms with Gasteiger partial charge >= 0.3 is 0 Å². The van der Waals surface area contributed by atoms with Gasteiger partial charge in [0.05, 0.1) is 5.69 Å². The average Bonchev–Trinajstić information content (AvgIpc) is 2.84. The molecular weight excluding hydrogens is 415 g/mol. The summed E-state index contributed by atoms with van der Waals surface area (Å²) in [5.41, 5.74) is 4.52. The highest BCUT2D eigenvalue weighted by molar-refractivity contribution is 6.04. The Balaban J connectivity index is 1.45. The number of aryl methyl sites for hydroxylation is 1. The van der Waals surface area contributed by atoms with Crippen molar-refractivity contribution in [2.24, 2.45) is 0 Å². The smallest absolute Gasteiger partial charge is 0.255 e. The van der Waals surface area contributed by atoms with E-state index in [0.29, 0.717) is 28.3 Å². The van der Waals surface area contributed by atoms with Gasteiger partial charge in [-0.2, -0.15) is 0 Å². The van der Waals surface area contributed by atoms with Crippen LogP contribution in [0.15, 0.2) is 85.2 Å². The number of amides is 1. The van der Waals surface area contributed by atoms with E-state index < -0.39 is 0 Å². The third-order valence-corrected chi connectivity index (χ3v) is 5.22. The van der Waals surface area contributed by atoms with E-state index >= 15 is 0 Å². The average molecular weight is 441 g/mol. The van der Waals surface area contributed by atoms with E-state index in [1.165, 1.54) is 24.0 Å². The van der Waals surface area contributed by atoms with Gasteiger partial charge in [0.1, 0.15) is 18.0 Å². The molecule has 1 heterocycles. The van der Waals surface area contributed by atoms with Crippen molar-refractivity contribution < 1.29 is 9.18 Å². The molecule has 33 heavy (non-hydrogen) atoms. The lowest BCUT2D eigenvalue weighted by atomic mass is 10.1. The van der Waals surface area contributed by atoms with Crippen LogP contribution in [-0.2, 0) is 6.42 Å². The predicted molar refractivity (Wildman–Crippen MR) is 130 cm³/mol. The van der Waals surface area contributed by atoms with Crippen molar-refractivity contribution in [3.05, 3.63) is 102 Å². The van der Waals surface area contributed by atoms with Gasteiger partial charge in [-0.3, -0.25) is 4.79 Å². The van der Waals surface area contributed by atoms with E-state index in [-0.39, 0.29) is 11.7 Å². The summed E-state index contributed by atoms with van der Waals surface area (Å²) in [6.07, 6.45) is 4.78. The fourth-order valence-electron chi connectivity index (χ4n) is 3.46. The van der Waals surface area contributed by atoms with E-state index in [0.717, 1.165) is 24.9 Å². The van der Waals surface area contributed by atoms with Crippen molar-refractivity contribution in [2.45, 2.75) is 26.2 Å². The zero-order valence-electron chi connectivity index (χ0n) is 18.4. The lowest BCUT2D eigenvalue weighted by Gasteiger charge is -2.10. The SMILES string of the molecule is CCCCc1ccc(NC(=O)c2cccc(Nc3cc(-c4cccc(F)c4)ncn3)c2)cc1. The molecule has 0 fully saturated rings. The van der Waals surface area contributed by atoms with E-state index in [4.69, 9.17) is 0 Å². The molecule has 0 aliphatic carbocycles. The highest BCUT2D eigenvalue weighted by Crippen LogP contribution is 2.22. The molecule has 4 rings (SSSR count). The standard InChI is InChI=1S/C27H25FN4O/c1-2-3-6-19-11-13-23(14-12-19)32-27(33)21-8-5-10-24(16-21)31-26-17-25(29-18-30-26)20-7-4-9-22(28)15-20/h4-5,7-18H,2-3,6H2,1H3,(H,32,33)(H,29,30,31). The molecule has 1 aromatic heterocycles. The van der Waals surface area contributed by atoms with Crippen LogP contribution in [0.4, 0.5) is 21.6 Å². The summed E-state index contributed by atoms with van der Waals surface area (Å²) in [7, 11) is 0. The third-order valence-electron chi connectivity index (χ3n) is 5.22. The van der Waals surface area contributed by atoms with Gasteiger partial charge in [0.15, 0.2) is 0 Å². The number of carbonyl (C=O) groups is 1.